The first kappa shape index (κ1) is 23.3. The van der Waals surface area contributed by atoms with Crippen LogP contribution in [-0.2, 0) is 11.8 Å². The number of hydrogen-bond donors (Lipinski definition) is 1. The van der Waals surface area contributed by atoms with Crippen LogP contribution in [0.5, 0.6) is 5.88 Å². The minimum Gasteiger partial charge on any atom is -0.474 e. The standard InChI is InChI=1S/C23H24FIN6O2/c1-30-9-7-18(8-10-30)33-21-6-4-17(13-26-21)28-23(32)22(29-25)15-3-5-20(24)19(11-15)16-12-27-31(2)14-16/h3-6,11-14,18H,7-10H2,1-2H3,(H,28,32). The smallest absolute Gasteiger partial charge is 0.275 e. The zero-order valence-corrected chi connectivity index (χ0v) is 20.5. The van der Waals surface area contributed by atoms with Crippen molar-refractivity contribution in [2.45, 2.75) is 18.9 Å². The maximum atomic E-state index is 14.4. The molecule has 3 aromatic rings. The van der Waals surface area contributed by atoms with Gasteiger partial charge in [-0.05, 0) is 44.2 Å². The van der Waals surface area contributed by atoms with E-state index in [1.807, 2.05) is 0 Å². The van der Waals surface area contributed by atoms with E-state index in [0.717, 1.165) is 25.9 Å². The molecule has 172 valence electrons. The predicted molar refractivity (Wildman–Crippen MR) is 133 cm³/mol. The summed E-state index contributed by atoms with van der Waals surface area (Å²) < 4.78 is 26.1. The van der Waals surface area contributed by atoms with Gasteiger partial charge >= 0.3 is 0 Å². The minimum absolute atomic E-state index is 0.152. The number of likely N-dealkylation sites (tertiary alicyclic amines) is 1. The highest BCUT2D eigenvalue weighted by molar-refractivity contribution is 14.1. The fourth-order valence-electron chi connectivity index (χ4n) is 3.66. The molecule has 0 bridgehead atoms. The molecule has 4 rings (SSSR count). The van der Waals surface area contributed by atoms with Gasteiger partial charge in [0.2, 0.25) is 5.88 Å². The first-order valence-corrected chi connectivity index (χ1v) is 11.5. The number of halogens is 2. The second-order valence-corrected chi connectivity index (χ2v) is 8.47. The predicted octanol–water partition coefficient (Wildman–Crippen LogP) is 3.87. The zero-order chi connectivity index (χ0) is 23.4. The summed E-state index contributed by atoms with van der Waals surface area (Å²) in [5.41, 5.74) is 2.16. The summed E-state index contributed by atoms with van der Waals surface area (Å²) in [7, 11) is 3.86. The minimum atomic E-state index is -0.418. The Hall–Kier alpha value is -2.86. The molecule has 3 heterocycles. The molecule has 0 radical (unpaired) electrons. The topological polar surface area (TPSA) is 84.6 Å². The maximum absolute atomic E-state index is 14.4. The molecule has 1 saturated heterocycles. The number of aryl methyl sites for hydroxylation is 1. The van der Waals surface area contributed by atoms with E-state index in [0.29, 0.717) is 28.3 Å². The van der Waals surface area contributed by atoms with Crippen molar-refractivity contribution in [2.75, 3.05) is 25.5 Å². The van der Waals surface area contributed by atoms with Crippen LogP contribution in [0.3, 0.4) is 0 Å². The van der Waals surface area contributed by atoms with E-state index in [-0.39, 0.29) is 11.8 Å². The number of carbonyl (C=O) groups excluding carboxylic acids is 1. The third-order valence-electron chi connectivity index (χ3n) is 5.50. The van der Waals surface area contributed by atoms with E-state index in [4.69, 9.17) is 4.74 Å². The molecule has 0 spiro atoms. The molecule has 1 aliphatic rings. The first-order valence-electron chi connectivity index (χ1n) is 10.5. The summed E-state index contributed by atoms with van der Waals surface area (Å²) >= 11 is 1.77. The molecule has 2 aromatic heterocycles. The Morgan fingerprint density at radius 1 is 1.21 bits per heavy atom. The fourth-order valence-corrected chi connectivity index (χ4v) is 4.16. The number of amides is 1. The van der Waals surface area contributed by atoms with Gasteiger partial charge in [0.25, 0.3) is 5.91 Å². The van der Waals surface area contributed by atoms with Crippen molar-refractivity contribution >= 4 is 40.2 Å². The van der Waals surface area contributed by atoms with Crippen LogP contribution >= 0.6 is 22.9 Å². The van der Waals surface area contributed by atoms with Gasteiger partial charge in [0.1, 0.15) is 17.6 Å². The van der Waals surface area contributed by atoms with Gasteiger partial charge in [0.15, 0.2) is 0 Å². The van der Waals surface area contributed by atoms with Gasteiger partial charge in [-0.3, -0.25) is 9.48 Å². The molecule has 0 unspecified atom stereocenters. The lowest BCUT2D eigenvalue weighted by atomic mass is 10.0. The molecule has 8 nitrogen and oxygen atoms in total. The van der Waals surface area contributed by atoms with Crippen molar-refractivity contribution in [3.63, 3.8) is 0 Å². The van der Waals surface area contributed by atoms with E-state index in [1.54, 1.807) is 71.4 Å². The van der Waals surface area contributed by atoms with Gasteiger partial charge in [0.05, 0.1) is 40.9 Å². The van der Waals surface area contributed by atoms with Crippen molar-refractivity contribution < 1.29 is 13.9 Å². The van der Waals surface area contributed by atoms with Crippen LogP contribution < -0.4 is 10.1 Å². The number of rotatable bonds is 6. The average Bonchev–Trinajstić information content (AvgIpc) is 3.24. The quantitative estimate of drug-likeness (QED) is 0.365. The number of benzene rings is 1. The molecule has 0 saturated carbocycles. The summed E-state index contributed by atoms with van der Waals surface area (Å²) in [6.07, 6.45) is 6.92. The highest BCUT2D eigenvalue weighted by atomic mass is 127. The van der Waals surface area contributed by atoms with Crippen molar-refractivity contribution in [1.82, 2.24) is 19.7 Å². The highest BCUT2D eigenvalue weighted by Crippen LogP contribution is 2.25. The summed E-state index contributed by atoms with van der Waals surface area (Å²) in [5, 5.41) is 6.88. The van der Waals surface area contributed by atoms with Crippen LogP contribution in [0.15, 0.2) is 52.1 Å². The molecule has 0 aliphatic carbocycles. The van der Waals surface area contributed by atoms with Crippen LogP contribution in [0.1, 0.15) is 18.4 Å². The van der Waals surface area contributed by atoms with Crippen molar-refractivity contribution in [2.24, 2.45) is 10.3 Å². The van der Waals surface area contributed by atoms with E-state index >= 15 is 0 Å². The molecule has 0 atom stereocenters. The molecule has 1 aromatic carbocycles. The van der Waals surface area contributed by atoms with Crippen LogP contribution in [0.2, 0.25) is 0 Å². The Balaban J connectivity index is 1.44. The Labute approximate surface area is 205 Å². The number of nitrogens with zero attached hydrogens (tertiary/aromatic N) is 5. The first-order chi connectivity index (χ1) is 15.9. The Morgan fingerprint density at radius 3 is 2.64 bits per heavy atom. The lowest BCUT2D eigenvalue weighted by molar-refractivity contribution is -0.110. The number of pyridine rings is 1. The van der Waals surface area contributed by atoms with Crippen LogP contribution in [0, 0.1) is 5.82 Å². The van der Waals surface area contributed by atoms with Gasteiger partial charge in [-0.25, -0.2) is 12.6 Å². The van der Waals surface area contributed by atoms with Gasteiger partial charge in [-0.2, -0.15) is 5.10 Å². The number of ether oxygens (including phenoxy) is 1. The van der Waals surface area contributed by atoms with Gasteiger partial charge < -0.3 is 15.0 Å². The van der Waals surface area contributed by atoms with Crippen molar-refractivity contribution in [3.05, 3.63) is 60.3 Å². The summed E-state index contributed by atoms with van der Waals surface area (Å²) in [4.78, 5) is 19.5. The fraction of sp³-hybridized carbons (Fsp3) is 0.304. The number of nitrogens with one attached hydrogen (secondary N) is 1. The van der Waals surface area contributed by atoms with Crippen LogP contribution in [0.25, 0.3) is 11.1 Å². The SMILES string of the molecule is CN1CCC(Oc2ccc(NC(=O)C(=NI)c3ccc(F)c(-c4cnn(C)c4)c3)cn2)CC1. The van der Waals surface area contributed by atoms with E-state index < -0.39 is 11.7 Å². The number of anilines is 1. The monoisotopic (exact) mass is 562 g/mol. The third kappa shape index (κ3) is 5.74. The molecule has 33 heavy (non-hydrogen) atoms. The summed E-state index contributed by atoms with van der Waals surface area (Å²) in [6, 6.07) is 7.94. The molecular weight excluding hydrogens is 538 g/mol. The molecule has 1 N–H and O–H groups in total. The molecule has 1 fully saturated rings. The van der Waals surface area contributed by atoms with E-state index in [2.05, 4.69) is 30.6 Å². The third-order valence-corrected chi connectivity index (χ3v) is 5.98. The Kier molecular flexibility index (Phi) is 7.33. The second-order valence-electron chi connectivity index (χ2n) is 7.99. The van der Waals surface area contributed by atoms with Gasteiger partial charge in [-0.15, -0.1) is 0 Å². The number of carbonyl (C=O) groups is 1. The molecule has 1 amide bonds. The van der Waals surface area contributed by atoms with Gasteiger partial charge in [-0.1, -0.05) is 0 Å². The van der Waals surface area contributed by atoms with Crippen LogP contribution in [0.4, 0.5) is 10.1 Å². The lowest BCUT2D eigenvalue weighted by Gasteiger charge is -2.28. The number of piperidine rings is 1. The second kappa shape index (κ2) is 10.4. The molecule has 1 aliphatic heterocycles. The van der Waals surface area contributed by atoms with E-state index in [9.17, 15) is 9.18 Å². The van der Waals surface area contributed by atoms with E-state index in [1.165, 1.54) is 12.1 Å². The number of hydrogen-bond acceptors (Lipinski definition) is 6. The Morgan fingerprint density at radius 2 is 2.00 bits per heavy atom. The maximum Gasteiger partial charge on any atom is 0.275 e. The van der Waals surface area contributed by atoms with Crippen molar-refractivity contribution in [1.29, 1.82) is 0 Å². The molecular formula is C23H24FIN6O2. The summed E-state index contributed by atoms with van der Waals surface area (Å²) in [5.74, 6) is -0.284. The zero-order valence-electron chi connectivity index (χ0n) is 18.3. The highest BCUT2D eigenvalue weighted by Gasteiger charge is 2.20. The average molecular weight is 562 g/mol. The largest absolute Gasteiger partial charge is 0.474 e. The number of aromatic nitrogens is 3. The lowest BCUT2D eigenvalue weighted by Crippen LogP contribution is -2.35. The Bertz CT molecular complexity index is 1160. The van der Waals surface area contributed by atoms with Crippen LogP contribution in [-0.4, -0.2) is 57.5 Å². The van der Waals surface area contributed by atoms with Crippen molar-refractivity contribution in [3.8, 4) is 17.0 Å². The van der Waals surface area contributed by atoms with Gasteiger partial charge in [0, 0.05) is 49.1 Å². The normalized spacial score (nSPS) is 15.5. The summed E-state index contributed by atoms with van der Waals surface area (Å²) in [6.45, 7) is 2.01. The molecule has 10 heteroatoms.